The lowest BCUT2D eigenvalue weighted by Crippen LogP contribution is -2.53. The Balaban J connectivity index is 1.66. The van der Waals surface area contributed by atoms with Gasteiger partial charge < -0.3 is 15.0 Å². The predicted molar refractivity (Wildman–Crippen MR) is 165 cm³/mol. The molecule has 0 unspecified atom stereocenters. The highest BCUT2D eigenvalue weighted by Crippen LogP contribution is 2.27. The van der Waals surface area contributed by atoms with Crippen molar-refractivity contribution in [3.05, 3.63) is 89.4 Å². The minimum absolute atomic E-state index is 0.0547. The number of amides is 2. The zero-order chi connectivity index (χ0) is 30.1. The van der Waals surface area contributed by atoms with Crippen LogP contribution in [0.1, 0.15) is 51.5 Å². The van der Waals surface area contributed by atoms with Gasteiger partial charge in [-0.3, -0.25) is 13.9 Å². The molecule has 0 aromatic heterocycles. The number of hydrogen-bond donors (Lipinski definition) is 1. The first-order valence-electron chi connectivity index (χ1n) is 14.3. The summed E-state index contributed by atoms with van der Waals surface area (Å²) in [6.07, 6.45) is 5.08. The van der Waals surface area contributed by atoms with E-state index in [0.717, 1.165) is 42.0 Å². The number of hydrogen-bond acceptors (Lipinski definition) is 5. The third kappa shape index (κ3) is 8.04. The first-order valence-corrected chi connectivity index (χ1v) is 16.2. The van der Waals surface area contributed by atoms with Gasteiger partial charge in [-0.2, -0.15) is 0 Å². The summed E-state index contributed by atoms with van der Waals surface area (Å²) in [4.78, 5) is 29.0. The molecule has 1 aliphatic rings. The average molecular weight is 612 g/mol. The topological polar surface area (TPSA) is 96.0 Å². The number of sulfonamides is 1. The highest BCUT2D eigenvalue weighted by Gasteiger charge is 2.33. The summed E-state index contributed by atoms with van der Waals surface area (Å²) in [5.74, 6) is -0.186. The molecule has 8 nitrogen and oxygen atoms in total. The number of ether oxygens (including phenoxy) is 1. The third-order valence-electron chi connectivity index (χ3n) is 7.43. The molecule has 3 aromatic carbocycles. The van der Waals surface area contributed by atoms with E-state index in [1.807, 2.05) is 6.92 Å². The molecule has 1 atom stereocenters. The first kappa shape index (κ1) is 31.4. The van der Waals surface area contributed by atoms with Crippen LogP contribution in [0.4, 0.5) is 5.69 Å². The van der Waals surface area contributed by atoms with Crippen LogP contribution in [0.2, 0.25) is 5.02 Å². The Hall–Kier alpha value is -3.56. The van der Waals surface area contributed by atoms with Crippen LogP contribution in [0, 0.1) is 0 Å². The van der Waals surface area contributed by atoms with E-state index in [2.05, 4.69) is 5.32 Å². The Morgan fingerprint density at radius 1 is 0.952 bits per heavy atom. The van der Waals surface area contributed by atoms with E-state index in [9.17, 15) is 18.0 Å². The van der Waals surface area contributed by atoms with Crippen molar-refractivity contribution in [3.63, 3.8) is 0 Å². The molecular formula is C32H38ClN3O5S. The number of carbonyl (C=O) groups is 2. The van der Waals surface area contributed by atoms with Crippen molar-refractivity contribution >= 4 is 39.1 Å². The SMILES string of the molecule is CCOc1ccc(N(CC(=O)N(Cc2ccc(Cl)cc2)[C@@H](C)C(=O)NC2CCCCC2)S(=O)(=O)c2ccccc2)cc1. The van der Waals surface area contributed by atoms with Crippen molar-refractivity contribution in [2.75, 3.05) is 17.5 Å². The highest BCUT2D eigenvalue weighted by atomic mass is 35.5. The van der Waals surface area contributed by atoms with Gasteiger partial charge in [0.05, 0.1) is 17.2 Å². The Morgan fingerprint density at radius 3 is 2.21 bits per heavy atom. The molecule has 4 rings (SSSR count). The smallest absolute Gasteiger partial charge is 0.264 e. The maximum atomic E-state index is 14.1. The molecule has 0 spiro atoms. The first-order chi connectivity index (χ1) is 20.2. The van der Waals surface area contributed by atoms with E-state index in [0.29, 0.717) is 23.1 Å². The number of halogens is 1. The molecule has 0 bridgehead atoms. The second-order valence-electron chi connectivity index (χ2n) is 10.4. The molecular weight excluding hydrogens is 574 g/mol. The van der Waals surface area contributed by atoms with E-state index in [1.165, 1.54) is 17.0 Å². The van der Waals surface area contributed by atoms with Gasteiger partial charge in [-0.15, -0.1) is 0 Å². The molecule has 1 N–H and O–H groups in total. The van der Waals surface area contributed by atoms with E-state index in [4.69, 9.17) is 16.3 Å². The van der Waals surface area contributed by atoms with Crippen LogP contribution in [0.15, 0.2) is 83.8 Å². The van der Waals surface area contributed by atoms with Gasteiger partial charge in [0, 0.05) is 17.6 Å². The zero-order valence-corrected chi connectivity index (χ0v) is 25.6. The Kier molecular flexibility index (Phi) is 10.9. The van der Waals surface area contributed by atoms with Crippen molar-refractivity contribution in [1.82, 2.24) is 10.2 Å². The molecule has 1 aliphatic carbocycles. The molecule has 10 heteroatoms. The van der Waals surface area contributed by atoms with Gasteiger partial charge in [0.15, 0.2) is 0 Å². The molecule has 0 heterocycles. The summed E-state index contributed by atoms with van der Waals surface area (Å²) >= 11 is 6.08. The van der Waals surface area contributed by atoms with E-state index < -0.39 is 28.5 Å². The van der Waals surface area contributed by atoms with Crippen LogP contribution in [0.25, 0.3) is 0 Å². The maximum absolute atomic E-state index is 14.1. The normalized spacial score (nSPS) is 14.5. The monoisotopic (exact) mass is 611 g/mol. The molecule has 2 amide bonds. The number of nitrogens with zero attached hydrogens (tertiary/aromatic N) is 2. The fourth-order valence-corrected chi connectivity index (χ4v) is 6.62. The van der Waals surface area contributed by atoms with Crippen molar-refractivity contribution < 1.29 is 22.7 Å². The summed E-state index contributed by atoms with van der Waals surface area (Å²) in [7, 11) is -4.13. The molecule has 1 fully saturated rings. The second kappa shape index (κ2) is 14.6. The van der Waals surface area contributed by atoms with Gasteiger partial charge in [0.2, 0.25) is 11.8 Å². The number of nitrogens with one attached hydrogen (secondary N) is 1. The molecule has 0 saturated heterocycles. The van der Waals surface area contributed by atoms with Crippen molar-refractivity contribution in [3.8, 4) is 5.75 Å². The van der Waals surface area contributed by atoms with E-state index in [-0.39, 0.29) is 23.4 Å². The zero-order valence-electron chi connectivity index (χ0n) is 24.0. The number of rotatable bonds is 12. The Labute approximate surface area is 253 Å². The summed E-state index contributed by atoms with van der Waals surface area (Å²) in [5, 5.41) is 3.66. The van der Waals surface area contributed by atoms with Gasteiger partial charge in [-0.25, -0.2) is 8.42 Å². The van der Waals surface area contributed by atoms with Crippen LogP contribution in [-0.2, 0) is 26.2 Å². The van der Waals surface area contributed by atoms with Gasteiger partial charge >= 0.3 is 0 Å². The molecule has 3 aromatic rings. The molecule has 1 saturated carbocycles. The Morgan fingerprint density at radius 2 is 1.60 bits per heavy atom. The van der Waals surface area contributed by atoms with Crippen LogP contribution in [0.3, 0.4) is 0 Å². The van der Waals surface area contributed by atoms with Gasteiger partial charge in [-0.1, -0.05) is 61.2 Å². The third-order valence-corrected chi connectivity index (χ3v) is 9.47. The van der Waals surface area contributed by atoms with Crippen molar-refractivity contribution in [2.24, 2.45) is 0 Å². The minimum atomic E-state index is -4.13. The van der Waals surface area contributed by atoms with Crippen LogP contribution < -0.4 is 14.4 Å². The quantitative estimate of drug-likeness (QED) is 0.279. The number of anilines is 1. The van der Waals surface area contributed by atoms with E-state index in [1.54, 1.807) is 73.7 Å². The standard InChI is InChI=1S/C32H38ClN3O5S/c1-3-41-29-20-18-28(19-21-29)36(42(39,40)30-12-8-5-9-13-30)23-31(37)35(22-25-14-16-26(33)17-15-25)24(2)32(38)34-27-10-6-4-7-11-27/h5,8-9,12-21,24,27H,3-4,6-7,10-11,22-23H2,1-2H3,(H,34,38)/t24-/m0/s1. The molecule has 0 aliphatic heterocycles. The summed E-state index contributed by atoms with van der Waals surface area (Å²) < 4.78 is 34.4. The van der Waals surface area contributed by atoms with E-state index >= 15 is 0 Å². The lowest BCUT2D eigenvalue weighted by atomic mass is 9.95. The summed E-state index contributed by atoms with van der Waals surface area (Å²) in [6.45, 7) is 3.61. The lowest BCUT2D eigenvalue weighted by Gasteiger charge is -2.33. The Bertz CT molecular complexity index is 1430. The summed E-state index contributed by atoms with van der Waals surface area (Å²) in [6, 6.07) is 20.8. The lowest BCUT2D eigenvalue weighted by molar-refractivity contribution is -0.139. The second-order valence-corrected chi connectivity index (χ2v) is 12.7. The predicted octanol–water partition coefficient (Wildman–Crippen LogP) is 5.80. The van der Waals surface area contributed by atoms with Crippen LogP contribution in [-0.4, -0.2) is 50.4 Å². The van der Waals surface area contributed by atoms with Gasteiger partial charge in [0.1, 0.15) is 18.3 Å². The molecule has 0 radical (unpaired) electrons. The van der Waals surface area contributed by atoms with Crippen molar-refractivity contribution in [2.45, 2.75) is 69.5 Å². The van der Waals surface area contributed by atoms with Crippen LogP contribution >= 0.6 is 11.6 Å². The highest BCUT2D eigenvalue weighted by molar-refractivity contribution is 7.92. The summed E-state index contributed by atoms with van der Waals surface area (Å²) in [5.41, 5.74) is 1.07. The number of carbonyl (C=O) groups excluding carboxylic acids is 2. The maximum Gasteiger partial charge on any atom is 0.264 e. The van der Waals surface area contributed by atoms with Gasteiger partial charge in [-0.05, 0) is 80.8 Å². The fourth-order valence-electron chi connectivity index (χ4n) is 5.06. The largest absolute Gasteiger partial charge is 0.494 e. The number of benzene rings is 3. The minimum Gasteiger partial charge on any atom is -0.494 e. The van der Waals surface area contributed by atoms with Crippen LogP contribution in [0.5, 0.6) is 5.75 Å². The fraction of sp³-hybridized carbons (Fsp3) is 0.375. The molecule has 42 heavy (non-hydrogen) atoms. The van der Waals surface area contributed by atoms with Crippen molar-refractivity contribution in [1.29, 1.82) is 0 Å². The van der Waals surface area contributed by atoms with Gasteiger partial charge in [0.25, 0.3) is 10.0 Å². The average Bonchev–Trinajstić information content (AvgIpc) is 3.00. The molecule has 224 valence electrons.